The lowest BCUT2D eigenvalue weighted by Gasteiger charge is -2.19. The number of imidazole rings is 1. The van der Waals surface area contributed by atoms with Crippen LogP contribution in [0, 0.1) is 6.92 Å². The number of carbonyl (C=O) groups excluding carboxylic acids is 1. The molecule has 0 saturated heterocycles. The smallest absolute Gasteiger partial charge is 0.276 e. The van der Waals surface area contributed by atoms with E-state index in [2.05, 4.69) is 10.1 Å². The molecule has 0 aliphatic heterocycles. The zero-order valence-corrected chi connectivity index (χ0v) is 12.0. The molecule has 6 heteroatoms. The van der Waals surface area contributed by atoms with E-state index in [0.717, 1.165) is 11.3 Å². The number of hydrogen-bond donors (Lipinski definition) is 0. The Kier molecular flexibility index (Phi) is 3.43. The van der Waals surface area contributed by atoms with E-state index < -0.39 is 0 Å². The number of rotatable bonds is 4. The molecule has 3 rings (SSSR count). The molecule has 0 aliphatic carbocycles. The quantitative estimate of drug-likeness (QED) is 0.737. The number of aryl methyl sites for hydroxylation is 1. The van der Waals surface area contributed by atoms with Gasteiger partial charge in [-0.15, -0.1) is 0 Å². The Morgan fingerprint density at radius 1 is 1.43 bits per heavy atom. The maximum Gasteiger partial charge on any atom is 0.276 e. The van der Waals surface area contributed by atoms with Crippen LogP contribution < -0.4 is 0 Å². The number of amides is 1. The van der Waals surface area contributed by atoms with Gasteiger partial charge in [-0.1, -0.05) is 11.2 Å². The van der Waals surface area contributed by atoms with Gasteiger partial charge in [-0.05, 0) is 26.0 Å². The fourth-order valence-corrected chi connectivity index (χ4v) is 2.25. The zero-order chi connectivity index (χ0) is 14.8. The summed E-state index contributed by atoms with van der Waals surface area (Å²) in [4.78, 5) is 18.5. The Labute approximate surface area is 122 Å². The maximum atomic E-state index is 12.4. The van der Waals surface area contributed by atoms with Gasteiger partial charge in [0.05, 0.1) is 18.4 Å². The van der Waals surface area contributed by atoms with Crippen molar-refractivity contribution in [2.75, 3.05) is 6.54 Å². The summed E-state index contributed by atoms with van der Waals surface area (Å²) in [5, 5.41) is 3.79. The summed E-state index contributed by atoms with van der Waals surface area (Å²) < 4.78 is 6.95. The first kappa shape index (κ1) is 13.4. The number of hydrogen-bond acceptors (Lipinski definition) is 4. The Morgan fingerprint density at radius 2 is 2.29 bits per heavy atom. The van der Waals surface area contributed by atoms with Crippen molar-refractivity contribution in [1.29, 1.82) is 0 Å². The first-order valence-electron chi connectivity index (χ1n) is 6.82. The third-order valence-corrected chi connectivity index (χ3v) is 3.36. The highest BCUT2D eigenvalue weighted by atomic mass is 16.5. The van der Waals surface area contributed by atoms with Crippen LogP contribution in [0.15, 0.2) is 41.2 Å². The largest absolute Gasteiger partial charge is 0.361 e. The van der Waals surface area contributed by atoms with Crippen molar-refractivity contribution >= 4 is 11.6 Å². The van der Waals surface area contributed by atoms with E-state index in [-0.39, 0.29) is 5.91 Å². The molecule has 0 spiro atoms. The van der Waals surface area contributed by atoms with Crippen molar-refractivity contribution in [2.24, 2.45) is 0 Å². The first-order valence-corrected chi connectivity index (χ1v) is 6.82. The van der Waals surface area contributed by atoms with Gasteiger partial charge in [-0.2, -0.15) is 0 Å². The number of aromatic nitrogens is 3. The van der Waals surface area contributed by atoms with Crippen LogP contribution in [0.25, 0.3) is 5.65 Å². The summed E-state index contributed by atoms with van der Waals surface area (Å²) in [6.07, 6.45) is 3.73. The minimum atomic E-state index is -0.139. The summed E-state index contributed by atoms with van der Waals surface area (Å²) in [5.41, 5.74) is 2.16. The fraction of sp³-hybridized carbons (Fsp3) is 0.267. The molecule has 1 amide bonds. The third kappa shape index (κ3) is 2.52. The van der Waals surface area contributed by atoms with Gasteiger partial charge in [0.1, 0.15) is 11.4 Å². The lowest BCUT2D eigenvalue weighted by molar-refractivity contribution is 0.0739. The monoisotopic (exact) mass is 284 g/mol. The predicted molar refractivity (Wildman–Crippen MR) is 76.8 cm³/mol. The van der Waals surface area contributed by atoms with Crippen molar-refractivity contribution in [1.82, 2.24) is 19.4 Å². The van der Waals surface area contributed by atoms with Crippen LogP contribution >= 0.6 is 0 Å². The van der Waals surface area contributed by atoms with Crippen LogP contribution in [0.5, 0.6) is 0 Å². The van der Waals surface area contributed by atoms with Crippen molar-refractivity contribution in [3.8, 4) is 0 Å². The minimum absolute atomic E-state index is 0.139. The highest BCUT2D eigenvalue weighted by Crippen LogP contribution is 2.12. The number of nitrogens with zero attached hydrogens (tertiary/aromatic N) is 4. The Morgan fingerprint density at radius 3 is 3.00 bits per heavy atom. The highest BCUT2D eigenvalue weighted by molar-refractivity contribution is 5.92. The molecule has 3 heterocycles. The average Bonchev–Trinajstić information content (AvgIpc) is 3.11. The second-order valence-corrected chi connectivity index (χ2v) is 4.82. The van der Waals surface area contributed by atoms with Gasteiger partial charge in [0.15, 0.2) is 5.69 Å². The third-order valence-electron chi connectivity index (χ3n) is 3.36. The molecule has 0 aliphatic rings. The molecule has 3 aromatic rings. The fourth-order valence-electron chi connectivity index (χ4n) is 2.25. The van der Waals surface area contributed by atoms with E-state index in [9.17, 15) is 4.79 Å². The van der Waals surface area contributed by atoms with E-state index in [1.807, 2.05) is 35.7 Å². The standard InChI is InChI=1S/C15H16N4O2/c1-3-18(15(20)13-8-11(2)21-17-13)10-12-9-16-14-6-4-5-7-19(12)14/h4-9H,3,10H2,1-2H3. The van der Waals surface area contributed by atoms with Crippen LogP contribution in [0.3, 0.4) is 0 Å². The Bertz CT molecular complexity index is 775. The van der Waals surface area contributed by atoms with Crippen molar-refractivity contribution in [3.05, 3.63) is 53.8 Å². The minimum Gasteiger partial charge on any atom is -0.361 e. The molecule has 0 bridgehead atoms. The molecule has 0 aromatic carbocycles. The summed E-state index contributed by atoms with van der Waals surface area (Å²) >= 11 is 0. The normalized spacial score (nSPS) is 11.0. The highest BCUT2D eigenvalue weighted by Gasteiger charge is 2.19. The van der Waals surface area contributed by atoms with Crippen LogP contribution in [0.1, 0.15) is 28.9 Å². The van der Waals surface area contributed by atoms with Gasteiger partial charge < -0.3 is 13.8 Å². The molecule has 3 aromatic heterocycles. The summed E-state index contributed by atoms with van der Waals surface area (Å²) in [6, 6.07) is 7.46. The molecule has 0 saturated carbocycles. The molecular weight excluding hydrogens is 268 g/mol. The summed E-state index contributed by atoms with van der Waals surface area (Å²) in [5.74, 6) is 0.490. The predicted octanol–water partition coefficient (Wildman–Crippen LogP) is 2.29. The van der Waals surface area contributed by atoms with E-state index in [1.54, 1.807) is 24.1 Å². The maximum absolute atomic E-state index is 12.4. The van der Waals surface area contributed by atoms with Gasteiger partial charge in [0, 0.05) is 18.8 Å². The summed E-state index contributed by atoms with van der Waals surface area (Å²) in [6.45, 7) is 4.77. The van der Waals surface area contributed by atoms with Crippen molar-refractivity contribution in [3.63, 3.8) is 0 Å². The lowest BCUT2D eigenvalue weighted by atomic mass is 10.3. The zero-order valence-electron chi connectivity index (χ0n) is 12.0. The lowest BCUT2D eigenvalue weighted by Crippen LogP contribution is -2.31. The number of fused-ring (bicyclic) bond motifs is 1. The van der Waals surface area contributed by atoms with Crippen molar-refractivity contribution in [2.45, 2.75) is 20.4 Å². The van der Waals surface area contributed by atoms with Crippen molar-refractivity contribution < 1.29 is 9.32 Å². The molecule has 0 N–H and O–H groups in total. The van der Waals surface area contributed by atoms with Crippen LogP contribution in [-0.2, 0) is 6.54 Å². The molecule has 6 nitrogen and oxygen atoms in total. The molecule has 0 radical (unpaired) electrons. The van der Waals surface area contributed by atoms with E-state index in [1.165, 1.54) is 0 Å². The van der Waals surface area contributed by atoms with Gasteiger partial charge in [0.2, 0.25) is 0 Å². The molecule has 0 fully saturated rings. The van der Waals surface area contributed by atoms with E-state index in [0.29, 0.717) is 24.5 Å². The van der Waals surface area contributed by atoms with Gasteiger partial charge in [0.25, 0.3) is 5.91 Å². The average molecular weight is 284 g/mol. The van der Waals surface area contributed by atoms with E-state index >= 15 is 0 Å². The molecular formula is C15H16N4O2. The number of pyridine rings is 1. The van der Waals surface area contributed by atoms with Gasteiger partial charge in [-0.25, -0.2) is 4.98 Å². The summed E-state index contributed by atoms with van der Waals surface area (Å²) in [7, 11) is 0. The second-order valence-electron chi connectivity index (χ2n) is 4.82. The van der Waals surface area contributed by atoms with Gasteiger partial charge >= 0.3 is 0 Å². The van der Waals surface area contributed by atoms with E-state index in [4.69, 9.17) is 4.52 Å². The molecule has 0 atom stereocenters. The molecule has 108 valence electrons. The second kappa shape index (κ2) is 5.40. The molecule has 21 heavy (non-hydrogen) atoms. The van der Waals surface area contributed by atoms with Gasteiger partial charge in [-0.3, -0.25) is 4.79 Å². The topological polar surface area (TPSA) is 63.6 Å². The Hall–Kier alpha value is -2.63. The first-order chi connectivity index (χ1) is 10.2. The van der Waals surface area contributed by atoms with Crippen LogP contribution in [0.4, 0.5) is 0 Å². The van der Waals surface area contributed by atoms with Crippen LogP contribution in [-0.4, -0.2) is 31.9 Å². The molecule has 0 unspecified atom stereocenters. The number of carbonyl (C=O) groups is 1. The SMILES string of the molecule is CCN(Cc1cnc2ccccn12)C(=O)c1cc(C)on1. The van der Waals surface area contributed by atoms with Crippen LogP contribution in [0.2, 0.25) is 0 Å². The Balaban J connectivity index is 1.86.